The second-order valence-corrected chi connectivity index (χ2v) is 7.85. The number of carbonyl (C=O) groups is 2. The molecule has 1 aromatic heterocycles. The van der Waals surface area contributed by atoms with Gasteiger partial charge in [-0.05, 0) is 36.4 Å². The van der Waals surface area contributed by atoms with Crippen LogP contribution in [0.5, 0.6) is 0 Å². The minimum absolute atomic E-state index is 0.0117. The summed E-state index contributed by atoms with van der Waals surface area (Å²) < 4.78 is 0. The fraction of sp³-hybridized carbons (Fsp3) is 0.250. The summed E-state index contributed by atoms with van der Waals surface area (Å²) in [7, 11) is 0. The highest BCUT2D eigenvalue weighted by atomic mass is 16.2. The van der Waals surface area contributed by atoms with E-state index in [-0.39, 0.29) is 18.4 Å². The van der Waals surface area contributed by atoms with Crippen molar-refractivity contribution in [3.63, 3.8) is 0 Å². The number of aromatic nitrogens is 1. The molecule has 5 heteroatoms. The molecular weight excluding hydrogens is 362 g/mol. The molecule has 2 amide bonds. The van der Waals surface area contributed by atoms with Gasteiger partial charge in [0.2, 0.25) is 5.91 Å². The Hall–Kier alpha value is -3.34. The van der Waals surface area contributed by atoms with Gasteiger partial charge < -0.3 is 9.88 Å². The number of aromatic amines is 1. The van der Waals surface area contributed by atoms with Crippen molar-refractivity contribution in [3.8, 4) is 0 Å². The number of hydrogen-bond acceptors (Lipinski definition) is 2. The number of nitrogens with zero attached hydrogens (tertiary/aromatic N) is 2. The summed E-state index contributed by atoms with van der Waals surface area (Å²) in [6.45, 7) is 5.50. The number of likely N-dealkylation sites (tertiary alicyclic amines) is 1. The summed E-state index contributed by atoms with van der Waals surface area (Å²) in [5, 5.41) is 1.23. The highest BCUT2D eigenvalue weighted by Gasteiger charge is 2.34. The summed E-state index contributed by atoms with van der Waals surface area (Å²) >= 11 is 0. The molecule has 0 aliphatic carbocycles. The molecule has 3 heterocycles. The molecule has 1 saturated heterocycles. The molecule has 2 aliphatic heterocycles. The highest BCUT2D eigenvalue weighted by molar-refractivity contribution is 6.10. The fourth-order valence-corrected chi connectivity index (χ4v) is 4.49. The number of para-hydroxylation sites is 1. The Morgan fingerprint density at radius 2 is 1.72 bits per heavy atom. The van der Waals surface area contributed by atoms with Gasteiger partial charge in [0, 0.05) is 47.0 Å². The Labute approximate surface area is 169 Å². The van der Waals surface area contributed by atoms with Crippen LogP contribution in [-0.2, 0) is 4.79 Å². The maximum atomic E-state index is 12.9. The van der Waals surface area contributed by atoms with Gasteiger partial charge in [0.15, 0.2) is 0 Å². The van der Waals surface area contributed by atoms with Crippen molar-refractivity contribution in [2.75, 3.05) is 19.6 Å². The first-order chi connectivity index (χ1) is 14.1. The smallest absolute Gasteiger partial charge is 0.259 e. The van der Waals surface area contributed by atoms with Gasteiger partial charge in [0.25, 0.3) is 5.91 Å². The molecule has 5 rings (SSSR count). The van der Waals surface area contributed by atoms with E-state index in [2.05, 4.69) is 29.8 Å². The van der Waals surface area contributed by atoms with Crippen LogP contribution in [0.1, 0.15) is 40.4 Å². The van der Waals surface area contributed by atoms with Crippen molar-refractivity contribution >= 4 is 28.4 Å². The Balaban J connectivity index is 1.23. The average Bonchev–Trinajstić information content (AvgIpc) is 3.29. The van der Waals surface area contributed by atoms with E-state index in [0.717, 1.165) is 23.9 Å². The molecule has 3 aromatic rings. The summed E-state index contributed by atoms with van der Waals surface area (Å²) in [5.74, 6) is 0.286. The van der Waals surface area contributed by atoms with Gasteiger partial charge in [-0.2, -0.15) is 0 Å². The molecule has 0 atom stereocenters. The second-order valence-electron chi connectivity index (χ2n) is 7.85. The average molecular weight is 385 g/mol. The van der Waals surface area contributed by atoms with E-state index in [4.69, 9.17) is 0 Å². The summed E-state index contributed by atoms with van der Waals surface area (Å²) in [6.07, 6.45) is 1.85. The zero-order chi connectivity index (χ0) is 20.0. The monoisotopic (exact) mass is 385 g/mol. The predicted molar refractivity (Wildman–Crippen MR) is 113 cm³/mol. The molecule has 0 unspecified atom stereocenters. The van der Waals surface area contributed by atoms with E-state index < -0.39 is 0 Å². The Morgan fingerprint density at radius 3 is 2.45 bits per heavy atom. The molecule has 1 N–H and O–H groups in total. The number of rotatable bonds is 3. The third-order valence-corrected chi connectivity index (χ3v) is 6.17. The van der Waals surface area contributed by atoms with Crippen LogP contribution in [-0.4, -0.2) is 46.2 Å². The van der Waals surface area contributed by atoms with E-state index in [1.54, 1.807) is 6.07 Å². The quantitative estimate of drug-likeness (QED) is 0.741. The van der Waals surface area contributed by atoms with Crippen molar-refractivity contribution in [1.29, 1.82) is 0 Å². The molecule has 29 heavy (non-hydrogen) atoms. The van der Waals surface area contributed by atoms with Crippen LogP contribution in [0.3, 0.4) is 0 Å². The molecule has 2 aromatic carbocycles. The van der Waals surface area contributed by atoms with E-state index in [1.165, 1.54) is 16.0 Å². The molecule has 5 nitrogen and oxygen atoms in total. The lowest BCUT2D eigenvalue weighted by molar-refractivity contribution is -0.132. The topological polar surface area (TPSA) is 56.4 Å². The van der Waals surface area contributed by atoms with Crippen molar-refractivity contribution in [2.45, 2.75) is 18.8 Å². The van der Waals surface area contributed by atoms with Gasteiger partial charge in [-0.25, -0.2) is 0 Å². The minimum atomic E-state index is -0.132. The fourth-order valence-electron chi connectivity index (χ4n) is 4.49. The first kappa shape index (κ1) is 17.7. The van der Waals surface area contributed by atoms with E-state index in [0.29, 0.717) is 30.3 Å². The standard InChI is InChI=1S/C24H23N3O2/c1-16-19-7-3-4-8-20(19)24(29)27(16)15-23(28)26-12-10-17(11-13-26)22-14-18-6-2-5-9-21(18)25-22/h2-9,14,17,25H,1,10-13,15H2. The number of carbonyl (C=O) groups excluding carboxylic acids is 2. The molecule has 2 aliphatic rings. The maximum Gasteiger partial charge on any atom is 0.259 e. The van der Waals surface area contributed by atoms with Gasteiger partial charge in [0.05, 0.1) is 0 Å². The van der Waals surface area contributed by atoms with E-state index >= 15 is 0 Å². The number of amides is 2. The van der Waals surface area contributed by atoms with Crippen LogP contribution in [0.2, 0.25) is 0 Å². The first-order valence-corrected chi connectivity index (χ1v) is 10.1. The van der Waals surface area contributed by atoms with Crippen LogP contribution in [0, 0.1) is 0 Å². The molecule has 0 saturated carbocycles. The van der Waals surface area contributed by atoms with Crippen LogP contribution in [0.25, 0.3) is 16.6 Å². The number of benzene rings is 2. The molecule has 0 bridgehead atoms. The molecule has 146 valence electrons. The van der Waals surface area contributed by atoms with Crippen molar-refractivity contribution in [2.24, 2.45) is 0 Å². The summed E-state index contributed by atoms with van der Waals surface area (Å²) in [4.78, 5) is 32.4. The second kappa shape index (κ2) is 6.92. The van der Waals surface area contributed by atoms with Crippen LogP contribution >= 0.6 is 0 Å². The zero-order valence-electron chi connectivity index (χ0n) is 16.2. The van der Waals surface area contributed by atoms with Gasteiger partial charge in [0.1, 0.15) is 6.54 Å². The van der Waals surface area contributed by atoms with Gasteiger partial charge >= 0.3 is 0 Å². The number of nitrogens with one attached hydrogen (secondary N) is 1. The number of fused-ring (bicyclic) bond motifs is 2. The number of piperidine rings is 1. The Kier molecular flexibility index (Phi) is 4.23. The van der Waals surface area contributed by atoms with Gasteiger partial charge in [-0.1, -0.05) is 43.0 Å². The van der Waals surface area contributed by atoms with Gasteiger partial charge in [-0.15, -0.1) is 0 Å². The largest absolute Gasteiger partial charge is 0.358 e. The zero-order valence-corrected chi connectivity index (χ0v) is 16.2. The molecule has 0 spiro atoms. The Bertz CT molecular complexity index is 1050. The summed E-state index contributed by atoms with van der Waals surface area (Å²) in [6, 6.07) is 17.9. The lowest BCUT2D eigenvalue weighted by Crippen LogP contribution is -2.43. The van der Waals surface area contributed by atoms with Crippen molar-refractivity contribution in [3.05, 3.63) is 78.0 Å². The Morgan fingerprint density at radius 1 is 1.03 bits per heavy atom. The molecule has 1 fully saturated rings. The first-order valence-electron chi connectivity index (χ1n) is 10.1. The third kappa shape index (κ3) is 3.03. The summed E-state index contributed by atoms with van der Waals surface area (Å²) in [5.41, 5.74) is 4.47. The van der Waals surface area contributed by atoms with Crippen molar-refractivity contribution < 1.29 is 9.59 Å². The predicted octanol–water partition coefficient (Wildman–Crippen LogP) is 4.00. The number of hydrogen-bond donors (Lipinski definition) is 1. The van der Waals surface area contributed by atoms with E-state index in [9.17, 15) is 9.59 Å². The van der Waals surface area contributed by atoms with Crippen LogP contribution in [0.15, 0.2) is 61.2 Å². The maximum absolute atomic E-state index is 12.9. The number of H-pyrrole nitrogens is 1. The third-order valence-electron chi connectivity index (χ3n) is 6.17. The molecular formula is C24H23N3O2. The normalized spacial score (nSPS) is 17.2. The SMILES string of the molecule is C=C1c2ccccc2C(=O)N1CC(=O)N1CCC(c2cc3ccccc3[nH]2)CC1. The lowest BCUT2D eigenvalue weighted by atomic mass is 9.93. The lowest BCUT2D eigenvalue weighted by Gasteiger charge is -2.33. The highest BCUT2D eigenvalue weighted by Crippen LogP contribution is 2.32. The minimum Gasteiger partial charge on any atom is -0.358 e. The van der Waals surface area contributed by atoms with E-state index in [1.807, 2.05) is 35.2 Å². The van der Waals surface area contributed by atoms with Crippen LogP contribution < -0.4 is 0 Å². The van der Waals surface area contributed by atoms with Gasteiger partial charge in [-0.3, -0.25) is 14.5 Å². The van der Waals surface area contributed by atoms with Crippen molar-refractivity contribution in [1.82, 2.24) is 14.8 Å². The van der Waals surface area contributed by atoms with Crippen LogP contribution in [0.4, 0.5) is 0 Å². The molecule has 0 radical (unpaired) electrons.